The zero-order valence-corrected chi connectivity index (χ0v) is 20.7. The van der Waals surface area contributed by atoms with Gasteiger partial charge in [-0.05, 0) is 48.6 Å². The highest BCUT2D eigenvalue weighted by Gasteiger charge is 2.30. The van der Waals surface area contributed by atoms with Gasteiger partial charge in [-0.3, -0.25) is 9.59 Å². The third kappa shape index (κ3) is 7.74. The van der Waals surface area contributed by atoms with Crippen LogP contribution in [0.3, 0.4) is 0 Å². The molecule has 0 spiro atoms. The molecule has 1 N–H and O–H groups in total. The van der Waals surface area contributed by atoms with E-state index in [1.165, 1.54) is 0 Å². The molecule has 0 radical (unpaired) electrons. The second kappa shape index (κ2) is 13.0. The smallest absolute Gasteiger partial charge is 0.243 e. The van der Waals surface area contributed by atoms with Crippen molar-refractivity contribution in [3.63, 3.8) is 0 Å². The van der Waals surface area contributed by atoms with Crippen LogP contribution >= 0.6 is 11.6 Å². The maximum absolute atomic E-state index is 13.6. The molecule has 0 aliphatic heterocycles. The Kier molecular flexibility index (Phi) is 9.72. The van der Waals surface area contributed by atoms with E-state index in [9.17, 15) is 9.59 Å². The van der Waals surface area contributed by atoms with Crippen LogP contribution in [0.5, 0.6) is 0 Å². The first kappa shape index (κ1) is 25.5. The van der Waals surface area contributed by atoms with Gasteiger partial charge in [0.25, 0.3) is 0 Å². The van der Waals surface area contributed by atoms with Crippen LogP contribution in [-0.2, 0) is 29.0 Å². The highest BCUT2D eigenvalue weighted by atomic mass is 35.5. The summed E-state index contributed by atoms with van der Waals surface area (Å²) in [5, 5.41) is 3.74. The molecule has 3 aromatic carbocycles. The molecule has 5 heteroatoms. The topological polar surface area (TPSA) is 49.4 Å². The van der Waals surface area contributed by atoms with E-state index in [1.807, 2.05) is 98.8 Å². The van der Waals surface area contributed by atoms with Gasteiger partial charge in [0.05, 0.1) is 0 Å². The first-order chi connectivity index (χ1) is 16.5. The van der Waals surface area contributed by atoms with E-state index in [2.05, 4.69) is 5.32 Å². The van der Waals surface area contributed by atoms with Crippen molar-refractivity contribution in [2.24, 2.45) is 0 Å². The van der Waals surface area contributed by atoms with Crippen LogP contribution in [0, 0.1) is 0 Å². The molecule has 4 nitrogen and oxygen atoms in total. The lowest BCUT2D eigenvalue weighted by Gasteiger charge is -2.32. The minimum Gasteiger partial charge on any atom is -0.352 e. The number of hydrogen-bond donors (Lipinski definition) is 1. The van der Waals surface area contributed by atoms with Gasteiger partial charge in [-0.1, -0.05) is 91.3 Å². The number of halogens is 1. The van der Waals surface area contributed by atoms with Crippen LogP contribution in [0.15, 0.2) is 84.9 Å². The fourth-order valence-electron chi connectivity index (χ4n) is 3.82. The second-order valence-corrected chi connectivity index (χ2v) is 9.09. The molecule has 0 saturated heterocycles. The molecule has 3 rings (SSSR count). The number of hydrogen-bond acceptors (Lipinski definition) is 2. The summed E-state index contributed by atoms with van der Waals surface area (Å²) in [6.07, 6.45) is 2.23. The zero-order chi connectivity index (χ0) is 24.3. The number of nitrogens with one attached hydrogen (secondary N) is 1. The summed E-state index contributed by atoms with van der Waals surface area (Å²) in [5.74, 6) is -0.167. The van der Waals surface area contributed by atoms with Gasteiger partial charge in [0, 0.05) is 30.5 Å². The van der Waals surface area contributed by atoms with Crippen LogP contribution in [0.25, 0.3) is 0 Å². The molecule has 2 amide bonds. The number of nitrogens with zero attached hydrogens (tertiary/aromatic N) is 1. The maximum atomic E-state index is 13.6. The molecular weight excluding hydrogens is 444 g/mol. The number of rotatable bonds is 11. The Morgan fingerprint density at radius 3 is 2.03 bits per heavy atom. The number of aryl methyl sites for hydroxylation is 1. The van der Waals surface area contributed by atoms with Crippen molar-refractivity contribution >= 4 is 23.4 Å². The van der Waals surface area contributed by atoms with Crippen molar-refractivity contribution < 1.29 is 9.59 Å². The van der Waals surface area contributed by atoms with Gasteiger partial charge in [-0.2, -0.15) is 0 Å². The normalized spacial score (nSPS) is 12.6. The third-order valence-electron chi connectivity index (χ3n) is 6.01. The molecule has 0 aliphatic carbocycles. The number of carbonyl (C=O) groups excluding carboxylic acids is 2. The van der Waals surface area contributed by atoms with Crippen molar-refractivity contribution in [2.75, 3.05) is 0 Å². The first-order valence-corrected chi connectivity index (χ1v) is 12.3. The summed E-state index contributed by atoms with van der Waals surface area (Å²) in [6.45, 7) is 4.36. The summed E-state index contributed by atoms with van der Waals surface area (Å²) in [4.78, 5) is 28.8. The van der Waals surface area contributed by atoms with Gasteiger partial charge in [0.1, 0.15) is 6.04 Å². The minimum absolute atomic E-state index is 0.0302. The Morgan fingerprint density at radius 1 is 0.853 bits per heavy atom. The maximum Gasteiger partial charge on any atom is 0.243 e. The summed E-state index contributed by atoms with van der Waals surface area (Å²) in [6, 6.07) is 26.7. The molecule has 0 saturated carbocycles. The molecule has 3 aromatic rings. The molecule has 0 bridgehead atoms. The van der Waals surface area contributed by atoms with Crippen molar-refractivity contribution in [2.45, 2.75) is 58.2 Å². The van der Waals surface area contributed by atoms with Crippen LogP contribution in [-0.4, -0.2) is 28.8 Å². The molecule has 0 heterocycles. The summed E-state index contributed by atoms with van der Waals surface area (Å²) >= 11 is 6.08. The second-order valence-electron chi connectivity index (χ2n) is 8.66. The van der Waals surface area contributed by atoms with E-state index >= 15 is 0 Å². The predicted molar refractivity (Wildman–Crippen MR) is 139 cm³/mol. The molecule has 0 aromatic heterocycles. The molecule has 0 aliphatic rings. The Hall–Kier alpha value is -3.11. The number of amides is 2. The largest absolute Gasteiger partial charge is 0.352 e. The monoisotopic (exact) mass is 476 g/mol. The average molecular weight is 477 g/mol. The van der Waals surface area contributed by atoms with Crippen molar-refractivity contribution in [1.29, 1.82) is 0 Å². The van der Waals surface area contributed by atoms with Gasteiger partial charge >= 0.3 is 0 Å². The quantitative estimate of drug-likeness (QED) is 0.378. The van der Waals surface area contributed by atoms with Gasteiger partial charge in [0.2, 0.25) is 11.8 Å². The van der Waals surface area contributed by atoms with Crippen LogP contribution in [0.1, 0.15) is 43.4 Å². The van der Waals surface area contributed by atoms with Crippen LogP contribution in [0.4, 0.5) is 0 Å². The third-order valence-corrected chi connectivity index (χ3v) is 6.26. The van der Waals surface area contributed by atoms with E-state index in [-0.39, 0.29) is 17.9 Å². The lowest BCUT2D eigenvalue weighted by Crippen LogP contribution is -2.52. The van der Waals surface area contributed by atoms with Gasteiger partial charge < -0.3 is 10.2 Å². The van der Waals surface area contributed by atoms with Crippen molar-refractivity contribution in [3.05, 3.63) is 107 Å². The highest BCUT2D eigenvalue weighted by Crippen LogP contribution is 2.18. The Bertz CT molecular complexity index is 1040. The number of carbonyl (C=O) groups is 2. The SMILES string of the molecule is CC[C@H](C)NC(=O)[C@H](Cc1ccccc1)N(Cc1ccc(Cl)cc1)C(=O)CCc1ccccc1. The van der Waals surface area contributed by atoms with Gasteiger partial charge in [-0.25, -0.2) is 0 Å². The van der Waals surface area contributed by atoms with Crippen LogP contribution < -0.4 is 5.32 Å². The first-order valence-electron chi connectivity index (χ1n) is 11.9. The van der Waals surface area contributed by atoms with E-state index < -0.39 is 6.04 Å². The lowest BCUT2D eigenvalue weighted by atomic mass is 10.0. The van der Waals surface area contributed by atoms with E-state index in [1.54, 1.807) is 4.90 Å². The number of benzene rings is 3. The highest BCUT2D eigenvalue weighted by molar-refractivity contribution is 6.30. The Labute approximate surface area is 207 Å². The van der Waals surface area contributed by atoms with E-state index in [0.717, 1.165) is 23.1 Å². The van der Waals surface area contributed by atoms with Crippen molar-refractivity contribution in [1.82, 2.24) is 10.2 Å². The molecule has 178 valence electrons. The molecule has 34 heavy (non-hydrogen) atoms. The predicted octanol–water partition coefficient (Wildman–Crippen LogP) is 5.83. The van der Waals surface area contributed by atoms with E-state index in [0.29, 0.717) is 30.8 Å². The Balaban J connectivity index is 1.90. The fraction of sp³-hybridized carbons (Fsp3) is 0.310. The summed E-state index contributed by atoms with van der Waals surface area (Å²) in [7, 11) is 0. The summed E-state index contributed by atoms with van der Waals surface area (Å²) < 4.78 is 0. The van der Waals surface area contributed by atoms with Crippen molar-refractivity contribution in [3.8, 4) is 0 Å². The van der Waals surface area contributed by atoms with Gasteiger partial charge in [-0.15, -0.1) is 0 Å². The summed E-state index contributed by atoms with van der Waals surface area (Å²) in [5.41, 5.74) is 3.06. The van der Waals surface area contributed by atoms with E-state index in [4.69, 9.17) is 11.6 Å². The molecule has 0 fully saturated rings. The molecule has 2 atom stereocenters. The van der Waals surface area contributed by atoms with Gasteiger partial charge in [0.15, 0.2) is 0 Å². The molecular formula is C29H33ClN2O2. The Morgan fingerprint density at radius 2 is 1.44 bits per heavy atom. The molecule has 0 unspecified atom stereocenters. The van der Waals surface area contributed by atoms with Crippen LogP contribution in [0.2, 0.25) is 5.02 Å². The zero-order valence-electron chi connectivity index (χ0n) is 19.9. The standard InChI is InChI=1S/C29H33ClN2O2/c1-3-22(2)31-29(34)27(20-24-12-8-5-9-13-24)32(21-25-14-17-26(30)18-15-25)28(33)19-16-23-10-6-4-7-11-23/h4-15,17-18,22,27H,3,16,19-21H2,1-2H3,(H,31,34)/t22-,27-/m0/s1. The lowest BCUT2D eigenvalue weighted by molar-refractivity contribution is -0.141. The average Bonchev–Trinajstić information content (AvgIpc) is 2.87. The minimum atomic E-state index is -0.615. The fourth-order valence-corrected chi connectivity index (χ4v) is 3.95.